The average Bonchev–Trinajstić information content (AvgIpc) is 0.722. The maximum absolute atomic E-state index is 8.52. The molecule has 76 valence electrons. The molecule has 0 unspecified atom stereocenters. The van der Waals surface area contributed by atoms with Gasteiger partial charge in [0, 0.05) is 52.1 Å². The summed E-state index contributed by atoms with van der Waals surface area (Å²) in [4.78, 5) is 0. The van der Waals surface area contributed by atoms with Crippen LogP contribution in [0.4, 0.5) is 0 Å². The molecule has 0 aromatic heterocycles. The Kier molecular flexibility index (Phi) is 118. The van der Waals surface area contributed by atoms with Gasteiger partial charge < -0.3 is 37.2 Å². The van der Waals surface area contributed by atoms with Gasteiger partial charge in [0.2, 0.25) is 0 Å². The second kappa shape index (κ2) is 22.5. The van der Waals surface area contributed by atoms with Crippen LogP contribution in [0.5, 0.6) is 0 Å². The molecule has 0 rings (SSSR count). The van der Waals surface area contributed by atoms with Crippen molar-refractivity contribution >= 4 is 10.4 Å². The Labute approximate surface area is 96.9 Å². The topological polar surface area (TPSA) is 243 Å². The molecule has 0 radical (unpaired) electrons. The molecule has 12 N–H and O–H groups in total. The maximum Gasteiger partial charge on any atom is 0.0311 e. The van der Waals surface area contributed by atoms with Crippen LogP contribution in [0.25, 0.3) is 0 Å². The first-order valence-electron chi connectivity index (χ1n) is 0.667. The molecule has 0 saturated heterocycles. The fraction of sp³-hybridized carbons (Fsp3) is 0. The second-order valence-corrected chi connectivity index (χ2v) is 1.22. The van der Waals surface area contributed by atoms with Crippen molar-refractivity contribution in [3.8, 4) is 0 Å². The average molecular weight is 326 g/mol. The first-order chi connectivity index (χ1) is 2.00. The molecule has 11 heavy (non-hydrogen) atoms. The Balaban J connectivity index is -0.00000000533. The molecule has 0 bridgehead atoms. The van der Waals surface area contributed by atoms with E-state index in [1.54, 1.807) is 0 Å². The summed E-state index contributed by atoms with van der Waals surface area (Å²) in [6.45, 7) is 0. The Bertz CT molecular complexity index is 97.3. The third-order valence-corrected chi connectivity index (χ3v) is 0. The van der Waals surface area contributed by atoms with E-state index in [-0.39, 0.29) is 69.8 Å². The molecule has 0 atom stereocenters. The first-order valence-corrected chi connectivity index (χ1v) is 2.00. The Morgan fingerprint density at radius 3 is 0.818 bits per heavy atom. The van der Waals surface area contributed by atoms with E-state index in [0.717, 1.165) is 0 Å². The van der Waals surface area contributed by atoms with E-state index in [0.29, 0.717) is 0 Å². The number of hydrogen-bond acceptors (Lipinski definition) is 4. The molecular formula is H12CeNO8S-. The monoisotopic (exact) mass is 326 g/mol. The van der Waals surface area contributed by atoms with Crippen molar-refractivity contribution in [1.82, 2.24) is 6.15 Å². The quantitative estimate of drug-likeness (QED) is 0.343. The number of quaternary nitrogens is 1. The van der Waals surface area contributed by atoms with Gasteiger partial charge in [-0.2, -0.15) is 0 Å². The summed E-state index contributed by atoms with van der Waals surface area (Å²) in [5, 5.41) is 0. The van der Waals surface area contributed by atoms with Crippen molar-refractivity contribution in [2.45, 2.75) is 0 Å². The normalized spacial score (nSPS) is 5.27. The fourth-order valence-electron chi connectivity index (χ4n) is 0. The van der Waals surface area contributed by atoms with Gasteiger partial charge >= 0.3 is 0 Å². The molecule has 0 aliphatic heterocycles. The van der Waals surface area contributed by atoms with Crippen LogP contribution >= 0.6 is 0 Å². The molecule has 11 heteroatoms. The van der Waals surface area contributed by atoms with Crippen molar-refractivity contribution in [2.75, 3.05) is 0 Å². The van der Waals surface area contributed by atoms with Gasteiger partial charge in [-0.25, -0.2) is 0 Å². The number of rotatable bonds is 0. The zero-order valence-electron chi connectivity index (χ0n) is 5.54. The molecule has 0 aliphatic carbocycles. The van der Waals surface area contributed by atoms with E-state index >= 15 is 0 Å². The standard InChI is InChI=1S/Ce.H3N.H2O4S.4H2O/c;;1-5(2,3)4;;;;/h;1H3;(H2,1,2,3,4);4*1H2/p-1. The minimum absolute atomic E-state index is 0. The maximum atomic E-state index is 8.52. The summed E-state index contributed by atoms with van der Waals surface area (Å²) in [5.41, 5.74) is 0. The zero-order valence-corrected chi connectivity index (χ0v) is 9.50. The van der Waals surface area contributed by atoms with E-state index in [9.17, 15) is 0 Å². The Hall–Kier alpha value is 1.05. The van der Waals surface area contributed by atoms with Crippen LogP contribution in [-0.4, -0.2) is 39.4 Å². The molecule has 0 saturated carbocycles. The summed E-state index contributed by atoms with van der Waals surface area (Å²) in [7, 11) is -5.17. The third kappa shape index (κ3) is 825. The van der Waals surface area contributed by atoms with Crippen molar-refractivity contribution in [3.63, 3.8) is 0 Å². The predicted molar refractivity (Wildman–Crippen MR) is 30.9 cm³/mol. The molecule has 0 aromatic rings. The van der Waals surface area contributed by atoms with Gasteiger partial charge in [-0.05, 0) is 0 Å². The summed E-state index contributed by atoms with van der Waals surface area (Å²) in [6, 6.07) is 0. The van der Waals surface area contributed by atoms with Crippen LogP contribution in [0.3, 0.4) is 0 Å². The predicted octanol–water partition coefficient (Wildman–Crippen LogP) is -4.26. The summed E-state index contributed by atoms with van der Waals surface area (Å²) < 4.78 is 34.1. The van der Waals surface area contributed by atoms with Crippen molar-refractivity contribution in [3.05, 3.63) is 0 Å². The van der Waals surface area contributed by atoms with Crippen LogP contribution < -0.4 is 6.15 Å². The van der Waals surface area contributed by atoms with E-state index in [1.165, 1.54) is 0 Å². The van der Waals surface area contributed by atoms with Gasteiger partial charge in [0.25, 0.3) is 0 Å². The third-order valence-electron chi connectivity index (χ3n) is 0. The molecule has 0 amide bonds. The summed E-state index contributed by atoms with van der Waals surface area (Å²) >= 11 is 0. The molecule has 0 heterocycles. The van der Waals surface area contributed by atoms with Gasteiger partial charge in [0.15, 0.2) is 0 Å². The van der Waals surface area contributed by atoms with Crippen LogP contribution in [-0.2, 0) is 10.4 Å². The van der Waals surface area contributed by atoms with Crippen LogP contribution in [0.15, 0.2) is 0 Å². The Morgan fingerprint density at radius 2 is 0.818 bits per heavy atom. The van der Waals surface area contributed by atoms with Gasteiger partial charge in [0.1, 0.15) is 0 Å². The summed E-state index contributed by atoms with van der Waals surface area (Å²) in [5.74, 6) is 0. The zero-order chi connectivity index (χ0) is 4.50. The molecule has 0 fully saturated rings. The summed E-state index contributed by atoms with van der Waals surface area (Å²) in [6.07, 6.45) is 0. The fourth-order valence-corrected chi connectivity index (χ4v) is 0. The van der Waals surface area contributed by atoms with E-state index in [2.05, 4.69) is 0 Å². The van der Waals surface area contributed by atoms with Crippen LogP contribution in [0.2, 0.25) is 0 Å². The van der Waals surface area contributed by atoms with Gasteiger partial charge in [-0.1, -0.05) is 0 Å². The molecule has 9 nitrogen and oxygen atoms in total. The van der Waals surface area contributed by atoms with Crippen LogP contribution in [0.1, 0.15) is 0 Å². The second-order valence-electron chi connectivity index (χ2n) is 0.408. The van der Waals surface area contributed by atoms with Gasteiger partial charge in [0.05, 0.1) is 0 Å². The minimum atomic E-state index is -5.17. The van der Waals surface area contributed by atoms with Gasteiger partial charge in [-0.15, -0.1) is 0 Å². The first kappa shape index (κ1) is 57.7. The van der Waals surface area contributed by atoms with E-state index < -0.39 is 10.4 Å². The largest absolute Gasteiger partial charge is 0.759 e. The van der Waals surface area contributed by atoms with E-state index in [1.807, 2.05) is 0 Å². The SMILES string of the molecule is O.O.O.O.O=S(=O)([O-])[O-].[Ce].[NH4+]. The smallest absolute Gasteiger partial charge is 0.0311 e. The van der Waals surface area contributed by atoms with Crippen molar-refractivity contribution < 1.29 is 81.2 Å². The Morgan fingerprint density at radius 1 is 0.818 bits per heavy atom. The molecule has 0 aromatic carbocycles. The van der Waals surface area contributed by atoms with Crippen LogP contribution in [0, 0.1) is 41.7 Å². The molecular weight excluding hydrogens is 314 g/mol. The molecule has 0 aliphatic rings. The van der Waals surface area contributed by atoms with E-state index in [4.69, 9.17) is 17.5 Å². The van der Waals surface area contributed by atoms with Crippen molar-refractivity contribution in [1.29, 1.82) is 0 Å². The molecule has 0 spiro atoms. The van der Waals surface area contributed by atoms with Crippen molar-refractivity contribution in [2.24, 2.45) is 0 Å². The number of hydrogen-bond donors (Lipinski definition) is 1. The van der Waals surface area contributed by atoms with Gasteiger partial charge in [-0.3, -0.25) is 8.42 Å². The minimum Gasteiger partial charge on any atom is -0.759 e.